The van der Waals surface area contributed by atoms with Gasteiger partial charge in [0.15, 0.2) is 0 Å². The summed E-state index contributed by atoms with van der Waals surface area (Å²) < 4.78 is 5.34. The Bertz CT molecular complexity index is 377. The van der Waals surface area contributed by atoms with E-state index in [1.165, 1.54) is 0 Å². The maximum atomic E-state index is 12.2. The van der Waals surface area contributed by atoms with Crippen molar-refractivity contribution in [2.75, 3.05) is 20.1 Å². The second kappa shape index (κ2) is 7.11. The number of amides is 2. The van der Waals surface area contributed by atoms with E-state index in [4.69, 9.17) is 10.5 Å². The fraction of sp³-hybridized carbons (Fsp3) is 0.867. The zero-order chi connectivity index (χ0) is 16.2. The summed E-state index contributed by atoms with van der Waals surface area (Å²) in [4.78, 5) is 27.5. The molecule has 1 fully saturated rings. The Hall–Kier alpha value is -1.30. The SMILES string of the molecule is CC(N)C(=O)N1CCCCC1CN(C)C(=O)OC(C)(C)C. The summed E-state index contributed by atoms with van der Waals surface area (Å²) in [7, 11) is 1.71. The summed E-state index contributed by atoms with van der Waals surface area (Å²) >= 11 is 0. The third-order valence-corrected chi connectivity index (χ3v) is 3.49. The fourth-order valence-electron chi connectivity index (χ4n) is 2.47. The normalized spacial score (nSPS) is 20.9. The Kier molecular flexibility index (Phi) is 6.01. The van der Waals surface area contributed by atoms with Crippen LogP contribution in [-0.2, 0) is 9.53 Å². The number of hydrogen-bond acceptors (Lipinski definition) is 4. The lowest BCUT2D eigenvalue weighted by Crippen LogP contribution is -2.54. The first-order valence-electron chi connectivity index (χ1n) is 7.62. The molecule has 0 spiro atoms. The minimum absolute atomic E-state index is 0.0229. The Morgan fingerprint density at radius 3 is 2.52 bits per heavy atom. The number of nitrogens with zero attached hydrogens (tertiary/aromatic N) is 2. The molecular formula is C15H29N3O3. The first-order valence-corrected chi connectivity index (χ1v) is 7.62. The third kappa shape index (κ3) is 5.53. The standard InChI is InChI=1S/C15H29N3O3/c1-11(16)13(19)18-9-7-6-8-12(18)10-17(5)14(20)21-15(2,3)4/h11-12H,6-10,16H2,1-5H3. The van der Waals surface area contributed by atoms with Gasteiger partial charge in [0.05, 0.1) is 6.04 Å². The van der Waals surface area contributed by atoms with E-state index in [1.54, 1.807) is 18.9 Å². The smallest absolute Gasteiger partial charge is 0.410 e. The number of piperidine rings is 1. The van der Waals surface area contributed by atoms with Crippen LogP contribution in [0.2, 0.25) is 0 Å². The highest BCUT2D eigenvalue weighted by Crippen LogP contribution is 2.19. The van der Waals surface area contributed by atoms with E-state index in [0.29, 0.717) is 13.1 Å². The maximum absolute atomic E-state index is 12.2. The van der Waals surface area contributed by atoms with Gasteiger partial charge in [-0.05, 0) is 47.0 Å². The van der Waals surface area contributed by atoms with Crippen LogP contribution in [0.25, 0.3) is 0 Å². The molecule has 1 heterocycles. The summed E-state index contributed by atoms with van der Waals surface area (Å²) in [6, 6.07) is -0.479. The van der Waals surface area contributed by atoms with Crippen LogP contribution >= 0.6 is 0 Å². The minimum Gasteiger partial charge on any atom is -0.444 e. The lowest BCUT2D eigenvalue weighted by molar-refractivity contribution is -0.136. The quantitative estimate of drug-likeness (QED) is 0.858. The molecule has 2 atom stereocenters. The molecule has 1 aliphatic heterocycles. The highest BCUT2D eigenvalue weighted by Gasteiger charge is 2.31. The molecule has 0 aliphatic carbocycles. The highest BCUT2D eigenvalue weighted by atomic mass is 16.6. The average molecular weight is 299 g/mol. The van der Waals surface area contributed by atoms with Crippen molar-refractivity contribution in [3.63, 3.8) is 0 Å². The number of ether oxygens (including phenoxy) is 1. The molecule has 6 heteroatoms. The van der Waals surface area contributed by atoms with Crippen LogP contribution in [0.5, 0.6) is 0 Å². The molecule has 1 aliphatic rings. The first kappa shape index (κ1) is 17.8. The molecule has 122 valence electrons. The number of likely N-dealkylation sites (N-methyl/N-ethyl adjacent to an activating group) is 1. The summed E-state index contributed by atoms with van der Waals surface area (Å²) in [6.45, 7) is 8.41. The van der Waals surface area contributed by atoms with Crippen LogP contribution in [0.3, 0.4) is 0 Å². The van der Waals surface area contributed by atoms with Gasteiger partial charge in [-0.15, -0.1) is 0 Å². The van der Waals surface area contributed by atoms with Gasteiger partial charge in [0, 0.05) is 26.2 Å². The van der Waals surface area contributed by atoms with Crippen LogP contribution in [-0.4, -0.2) is 59.6 Å². The van der Waals surface area contributed by atoms with E-state index in [9.17, 15) is 9.59 Å². The number of carbonyl (C=O) groups is 2. The summed E-state index contributed by atoms with van der Waals surface area (Å²) in [5, 5.41) is 0. The number of hydrogen-bond donors (Lipinski definition) is 1. The van der Waals surface area contributed by atoms with Crippen molar-refractivity contribution in [1.82, 2.24) is 9.80 Å². The average Bonchev–Trinajstić information content (AvgIpc) is 2.36. The van der Waals surface area contributed by atoms with Crippen molar-refractivity contribution < 1.29 is 14.3 Å². The van der Waals surface area contributed by atoms with Crippen molar-refractivity contribution in [2.24, 2.45) is 5.73 Å². The highest BCUT2D eigenvalue weighted by molar-refractivity contribution is 5.81. The predicted molar refractivity (Wildman–Crippen MR) is 81.9 cm³/mol. The fourth-order valence-corrected chi connectivity index (χ4v) is 2.47. The second-order valence-electron chi connectivity index (χ2n) is 6.83. The van der Waals surface area contributed by atoms with Crippen molar-refractivity contribution in [2.45, 2.75) is 64.6 Å². The Balaban J connectivity index is 2.65. The number of rotatable bonds is 3. The molecule has 0 bridgehead atoms. The van der Waals surface area contributed by atoms with Crippen LogP contribution in [0.15, 0.2) is 0 Å². The van der Waals surface area contributed by atoms with Gasteiger partial charge in [0.2, 0.25) is 5.91 Å². The van der Waals surface area contributed by atoms with E-state index < -0.39 is 11.6 Å². The number of likely N-dealkylation sites (tertiary alicyclic amines) is 1. The maximum Gasteiger partial charge on any atom is 0.410 e. The van der Waals surface area contributed by atoms with Gasteiger partial charge < -0.3 is 20.3 Å². The van der Waals surface area contributed by atoms with Crippen LogP contribution in [0, 0.1) is 0 Å². The molecule has 1 saturated heterocycles. The van der Waals surface area contributed by atoms with Crippen LogP contribution in [0.1, 0.15) is 47.0 Å². The molecule has 0 aromatic rings. The third-order valence-electron chi connectivity index (χ3n) is 3.49. The molecule has 6 nitrogen and oxygen atoms in total. The largest absolute Gasteiger partial charge is 0.444 e. The van der Waals surface area contributed by atoms with E-state index >= 15 is 0 Å². The number of nitrogens with two attached hydrogens (primary N) is 1. The van der Waals surface area contributed by atoms with Gasteiger partial charge in [-0.1, -0.05) is 0 Å². The lowest BCUT2D eigenvalue weighted by Gasteiger charge is -2.38. The van der Waals surface area contributed by atoms with E-state index in [2.05, 4.69) is 0 Å². The van der Waals surface area contributed by atoms with Gasteiger partial charge >= 0.3 is 6.09 Å². The molecule has 2 amide bonds. The molecule has 0 radical (unpaired) electrons. The Morgan fingerprint density at radius 2 is 2.00 bits per heavy atom. The predicted octanol–water partition coefficient (Wildman–Crippen LogP) is 1.58. The molecular weight excluding hydrogens is 270 g/mol. The molecule has 2 N–H and O–H groups in total. The molecule has 0 aromatic carbocycles. The van der Waals surface area contributed by atoms with Gasteiger partial charge in [0.25, 0.3) is 0 Å². The van der Waals surface area contributed by atoms with Crippen LogP contribution < -0.4 is 5.73 Å². The molecule has 0 saturated carbocycles. The Labute approximate surface area is 127 Å². The Morgan fingerprint density at radius 1 is 1.38 bits per heavy atom. The summed E-state index contributed by atoms with van der Waals surface area (Å²) in [5.41, 5.74) is 5.19. The molecule has 21 heavy (non-hydrogen) atoms. The molecule has 2 unspecified atom stereocenters. The molecule has 0 aromatic heterocycles. The zero-order valence-corrected chi connectivity index (χ0v) is 13.9. The summed E-state index contributed by atoms with van der Waals surface area (Å²) in [6.07, 6.45) is 2.59. The summed E-state index contributed by atoms with van der Waals surface area (Å²) in [5.74, 6) is -0.0442. The van der Waals surface area contributed by atoms with E-state index in [1.807, 2.05) is 25.7 Å². The van der Waals surface area contributed by atoms with Gasteiger partial charge in [-0.25, -0.2) is 4.79 Å². The van der Waals surface area contributed by atoms with Gasteiger partial charge in [-0.2, -0.15) is 0 Å². The molecule has 1 rings (SSSR count). The van der Waals surface area contributed by atoms with Crippen molar-refractivity contribution in [3.8, 4) is 0 Å². The minimum atomic E-state index is -0.515. The van der Waals surface area contributed by atoms with Crippen molar-refractivity contribution >= 4 is 12.0 Å². The van der Waals surface area contributed by atoms with Crippen molar-refractivity contribution in [1.29, 1.82) is 0 Å². The van der Waals surface area contributed by atoms with Gasteiger partial charge in [0.1, 0.15) is 5.60 Å². The number of carbonyl (C=O) groups excluding carboxylic acids is 2. The van der Waals surface area contributed by atoms with E-state index in [-0.39, 0.29) is 18.0 Å². The monoisotopic (exact) mass is 299 g/mol. The first-order chi connectivity index (χ1) is 9.61. The lowest BCUT2D eigenvalue weighted by atomic mass is 10.0. The second-order valence-corrected chi connectivity index (χ2v) is 6.83. The van der Waals surface area contributed by atoms with Crippen LogP contribution in [0.4, 0.5) is 4.79 Å². The van der Waals surface area contributed by atoms with Crippen molar-refractivity contribution in [3.05, 3.63) is 0 Å². The zero-order valence-electron chi connectivity index (χ0n) is 13.9. The van der Waals surface area contributed by atoms with E-state index in [0.717, 1.165) is 19.3 Å². The topological polar surface area (TPSA) is 75.9 Å². The van der Waals surface area contributed by atoms with Gasteiger partial charge in [-0.3, -0.25) is 4.79 Å².